The van der Waals surface area contributed by atoms with Gasteiger partial charge >= 0.3 is 5.97 Å². The Labute approximate surface area is 187 Å². The monoisotopic (exact) mass is 423 g/mol. The van der Waals surface area contributed by atoms with Crippen molar-refractivity contribution < 1.29 is 14.7 Å². The van der Waals surface area contributed by atoms with E-state index >= 15 is 0 Å². The Morgan fingerprint density at radius 3 is 2.16 bits per heavy atom. The van der Waals surface area contributed by atoms with Crippen molar-refractivity contribution in [1.82, 2.24) is 4.90 Å². The lowest BCUT2D eigenvalue weighted by atomic mass is 9.89. The second-order valence-electron chi connectivity index (χ2n) is 8.28. The van der Waals surface area contributed by atoms with E-state index in [2.05, 4.69) is 57.2 Å². The summed E-state index contributed by atoms with van der Waals surface area (Å²) in [4.78, 5) is 25.3. The van der Waals surface area contributed by atoms with Crippen molar-refractivity contribution in [3.05, 3.63) is 58.7 Å². The van der Waals surface area contributed by atoms with Crippen LogP contribution in [0.3, 0.4) is 0 Å². The van der Waals surface area contributed by atoms with Crippen LogP contribution < -0.4 is 0 Å². The third-order valence-electron chi connectivity index (χ3n) is 5.89. The van der Waals surface area contributed by atoms with Crippen molar-refractivity contribution in [3.8, 4) is 11.1 Å². The Balaban J connectivity index is 2.25. The molecule has 0 saturated heterocycles. The lowest BCUT2D eigenvalue weighted by Gasteiger charge is -2.19. The predicted molar refractivity (Wildman–Crippen MR) is 127 cm³/mol. The molecule has 2 aromatic rings. The Kier molecular flexibility index (Phi) is 9.77. The molecule has 0 aliphatic heterocycles. The molecule has 0 aliphatic rings. The van der Waals surface area contributed by atoms with Gasteiger partial charge in [-0.1, -0.05) is 63.9 Å². The van der Waals surface area contributed by atoms with Crippen LogP contribution in [0.15, 0.2) is 36.4 Å². The minimum Gasteiger partial charge on any atom is -0.481 e. The number of hydrogen-bond acceptors (Lipinski definition) is 2. The number of rotatable bonds is 12. The molecule has 0 heterocycles. The van der Waals surface area contributed by atoms with Crippen molar-refractivity contribution in [2.45, 2.75) is 78.7 Å². The topological polar surface area (TPSA) is 57.6 Å². The van der Waals surface area contributed by atoms with E-state index < -0.39 is 5.97 Å². The van der Waals surface area contributed by atoms with E-state index in [1.807, 2.05) is 11.9 Å². The van der Waals surface area contributed by atoms with E-state index in [1.165, 1.54) is 16.7 Å². The average molecular weight is 424 g/mol. The molecule has 0 aliphatic carbocycles. The van der Waals surface area contributed by atoms with Crippen molar-refractivity contribution in [3.63, 3.8) is 0 Å². The first-order chi connectivity index (χ1) is 14.9. The molecule has 168 valence electrons. The molecule has 0 fully saturated rings. The molecule has 4 nitrogen and oxygen atoms in total. The van der Waals surface area contributed by atoms with Gasteiger partial charge in [0, 0.05) is 26.4 Å². The third kappa shape index (κ3) is 7.23. The smallest absolute Gasteiger partial charge is 0.303 e. The number of aliphatic carboxylic acids is 1. The molecule has 2 rings (SSSR count). The molecular weight excluding hydrogens is 386 g/mol. The number of carboxylic acids is 1. The number of hydrogen-bond donors (Lipinski definition) is 1. The zero-order valence-electron chi connectivity index (χ0n) is 19.5. The first-order valence-electron chi connectivity index (χ1n) is 11.6. The van der Waals surface area contributed by atoms with Crippen LogP contribution in [0, 0.1) is 0 Å². The maximum atomic E-state index is 12.4. The number of amides is 1. The highest BCUT2D eigenvalue weighted by Crippen LogP contribution is 2.28. The summed E-state index contributed by atoms with van der Waals surface area (Å²) in [5, 5.41) is 9.11. The minimum absolute atomic E-state index is 0.160. The van der Waals surface area contributed by atoms with Crippen LogP contribution in [-0.2, 0) is 35.4 Å². The fraction of sp³-hybridized carbons (Fsp3) is 0.481. The number of carbonyl (C=O) groups excluding carboxylic acids is 1. The van der Waals surface area contributed by atoms with Crippen molar-refractivity contribution in [2.24, 2.45) is 0 Å². The van der Waals surface area contributed by atoms with E-state index in [-0.39, 0.29) is 12.3 Å². The maximum Gasteiger partial charge on any atom is 0.303 e. The summed E-state index contributed by atoms with van der Waals surface area (Å²) in [5.41, 5.74) is 7.05. The van der Waals surface area contributed by atoms with Crippen LogP contribution in [0.1, 0.15) is 75.1 Å². The number of carboxylic acid groups (broad SMARTS) is 1. The molecular formula is C27H37NO3. The fourth-order valence-electron chi connectivity index (χ4n) is 4.08. The van der Waals surface area contributed by atoms with Gasteiger partial charge in [-0.25, -0.2) is 0 Å². The fourth-order valence-corrected chi connectivity index (χ4v) is 4.08. The lowest BCUT2D eigenvalue weighted by Crippen LogP contribution is -2.25. The zero-order valence-corrected chi connectivity index (χ0v) is 19.5. The van der Waals surface area contributed by atoms with Gasteiger partial charge in [0.1, 0.15) is 0 Å². The van der Waals surface area contributed by atoms with Crippen LogP contribution >= 0.6 is 0 Å². The van der Waals surface area contributed by atoms with Gasteiger partial charge in [0.2, 0.25) is 5.91 Å². The molecule has 0 unspecified atom stereocenters. The SMILES string of the molecule is CCCCCC(=O)N(C)Cc1cccc(-c2cc(CC)c(CCC(=O)O)c(CC)c2)c1. The first-order valence-corrected chi connectivity index (χ1v) is 11.6. The van der Waals surface area contributed by atoms with Crippen LogP contribution in [0.2, 0.25) is 0 Å². The van der Waals surface area contributed by atoms with Gasteiger partial charge in [0.05, 0.1) is 0 Å². The summed E-state index contributed by atoms with van der Waals surface area (Å²) in [7, 11) is 1.88. The van der Waals surface area contributed by atoms with Gasteiger partial charge < -0.3 is 10.0 Å². The van der Waals surface area contributed by atoms with Crippen LogP contribution in [0.5, 0.6) is 0 Å². The standard InChI is InChI=1S/C27H37NO3/c1-5-8-9-13-26(29)28(4)19-20-11-10-12-23(16-20)24-17-21(6-2)25(14-15-27(30)31)22(7-3)18-24/h10-12,16-18H,5-9,13-15,19H2,1-4H3,(H,30,31). The predicted octanol–water partition coefficient (Wildman–Crippen LogP) is 6.03. The molecule has 0 saturated carbocycles. The molecule has 4 heteroatoms. The number of aryl methyl sites for hydroxylation is 2. The summed E-state index contributed by atoms with van der Waals surface area (Å²) < 4.78 is 0. The zero-order chi connectivity index (χ0) is 22.8. The van der Waals surface area contributed by atoms with Crippen LogP contribution in [0.25, 0.3) is 11.1 Å². The van der Waals surface area contributed by atoms with Crippen LogP contribution in [0.4, 0.5) is 0 Å². The summed E-state index contributed by atoms with van der Waals surface area (Å²) in [6.45, 7) is 7.00. The molecule has 31 heavy (non-hydrogen) atoms. The summed E-state index contributed by atoms with van der Waals surface area (Å²) in [6.07, 6.45) is 6.27. The molecule has 0 radical (unpaired) electrons. The lowest BCUT2D eigenvalue weighted by molar-refractivity contribution is -0.137. The first kappa shape index (κ1) is 24.6. The Morgan fingerprint density at radius 1 is 0.903 bits per heavy atom. The average Bonchev–Trinajstić information content (AvgIpc) is 2.77. The Morgan fingerprint density at radius 2 is 1.58 bits per heavy atom. The normalized spacial score (nSPS) is 10.8. The highest BCUT2D eigenvalue weighted by molar-refractivity contribution is 5.76. The summed E-state index contributed by atoms with van der Waals surface area (Å²) in [6, 6.07) is 12.8. The van der Waals surface area contributed by atoms with E-state index in [0.717, 1.165) is 48.8 Å². The van der Waals surface area contributed by atoms with Gasteiger partial charge in [-0.15, -0.1) is 0 Å². The summed E-state index contributed by atoms with van der Waals surface area (Å²) >= 11 is 0. The molecule has 2 aromatic carbocycles. The van der Waals surface area contributed by atoms with Gasteiger partial charge in [0.15, 0.2) is 0 Å². The highest BCUT2D eigenvalue weighted by Gasteiger charge is 2.13. The van der Waals surface area contributed by atoms with Crippen molar-refractivity contribution in [1.29, 1.82) is 0 Å². The van der Waals surface area contributed by atoms with Crippen molar-refractivity contribution in [2.75, 3.05) is 7.05 Å². The molecule has 0 atom stereocenters. The van der Waals surface area contributed by atoms with Gasteiger partial charge in [-0.2, -0.15) is 0 Å². The molecule has 1 amide bonds. The van der Waals surface area contributed by atoms with Gasteiger partial charge in [0.25, 0.3) is 0 Å². The van der Waals surface area contributed by atoms with E-state index in [4.69, 9.17) is 5.11 Å². The number of unbranched alkanes of at least 4 members (excludes halogenated alkanes) is 2. The molecule has 0 aromatic heterocycles. The Bertz CT molecular complexity index is 863. The van der Waals surface area contributed by atoms with Gasteiger partial charge in [-0.05, 0) is 65.1 Å². The number of nitrogens with zero attached hydrogens (tertiary/aromatic N) is 1. The van der Waals surface area contributed by atoms with E-state index in [1.54, 1.807) is 0 Å². The number of benzene rings is 2. The Hall–Kier alpha value is -2.62. The van der Waals surface area contributed by atoms with Gasteiger partial charge in [-0.3, -0.25) is 9.59 Å². The van der Waals surface area contributed by atoms with E-state index in [0.29, 0.717) is 19.4 Å². The molecule has 0 bridgehead atoms. The summed E-state index contributed by atoms with van der Waals surface area (Å²) in [5.74, 6) is -0.558. The minimum atomic E-state index is -0.755. The van der Waals surface area contributed by atoms with Crippen LogP contribution in [-0.4, -0.2) is 28.9 Å². The molecule has 1 N–H and O–H groups in total. The second kappa shape index (κ2) is 12.3. The maximum absolute atomic E-state index is 12.4. The highest BCUT2D eigenvalue weighted by atomic mass is 16.4. The second-order valence-corrected chi connectivity index (χ2v) is 8.28. The quantitative estimate of drug-likeness (QED) is 0.424. The number of carbonyl (C=O) groups is 2. The largest absolute Gasteiger partial charge is 0.481 e. The molecule has 0 spiro atoms. The third-order valence-corrected chi connectivity index (χ3v) is 5.89. The van der Waals surface area contributed by atoms with Crippen molar-refractivity contribution >= 4 is 11.9 Å². The van der Waals surface area contributed by atoms with E-state index in [9.17, 15) is 9.59 Å².